The van der Waals surface area contributed by atoms with Gasteiger partial charge in [0.15, 0.2) is 5.78 Å². The second-order valence-corrected chi connectivity index (χ2v) is 22.7. The molecule has 9 heteroatoms. The Labute approximate surface area is 354 Å². The molecule has 0 spiro atoms. The van der Waals surface area contributed by atoms with Gasteiger partial charge in [-0.15, -0.1) is 0 Å². The summed E-state index contributed by atoms with van der Waals surface area (Å²) in [5.41, 5.74) is 2.13. The highest BCUT2D eigenvalue weighted by atomic mass is 35.5. The van der Waals surface area contributed by atoms with Crippen molar-refractivity contribution in [3.05, 3.63) is 46.0 Å². The predicted octanol–water partition coefficient (Wildman–Crippen LogP) is 9.85. The van der Waals surface area contributed by atoms with E-state index in [9.17, 15) is 24.6 Å². The molecule has 9 atom stereocenters. The van der Waals surface area contributed by atoms with Crippen LogP contribution in [0.25, 0.3) is 0 Å². The average molecular weight is 824 g/mol. The van der Waals surface area contributed by atoms with Crippen molar-refractivity contribution >= 4 is 29.3 Å². The summed E-state index contributed by atoms with van der Waals surface area (Å²) in [5.74, 6) is 0.272. The van der Waals surface area contributed by atoms with Gasteiger partial charge in [-0.2, -0.15) is 0 Å². The van der Waals surface area contributed by atoms with Gasteiger partial charge in [-0.25, -0.2) is 0 Å². The molecule has 6 rings (SSSR count). The molecule has 0 unspecified atom stereocenters. The van der Waals surface area contributed by atoms with Gasteiger partial charge in [-0.1, -0.05) is 91.6 Å². The van der Waals surface area contributed by atoms with Crippen molar-refractivity contribution in [2.75, 3.05) is 33.7 Å². The molecular formula is C49H75ClN2O6. The van der Waals surface area contributed by atoms with Crippen molar-refractivity contribution in [2.45, 2.75) is 152 Å². The van der Waals surface area contributed by atoms with E-state index in [-0.39, 0.29) is 64.2 Å². The first-order valence-corrected chi connectivity index (χ1v) is 22.8. The van der Waals surface area contributed by atoms with Crippen LogP contribution in [0.3, 0.4) is 0 Å². The molecule has 1 aromatic rings. The number of likely N-dealkylation sites (N-methyl/N-ethyl adjacent to an activating group) is 1. The summed E-state index contributed by atoms with van der Waals surface area (Å²) in [6.07, 6.45) is 7.47. The number of esters is 1. The second kappa shape index (κ2) is 16.2. The van der Waals surface area contributed by atoms with Gasteiger partial charge < -0.3 is 19.8 Å². The van der Waals surface area contributed by atoms with Crippen LogP contribution in [0.5, 0.6) is 0 Å². The van der Waals surface area contributed by atoms with E-state index in [0.29, 0.717) is 36.4 Å². The highest BCUT2D eigenvalue weighted by Crippen LogP contribution is 2.77. The molecule has 0 saturated heterocycles. The number of carboxylic acid groups (broad SMARTS) is 1. The summed E-state index contributed by atoms with van der Waals surface area (Å²) in [7, 11) is 4.17. The van der Waals surface area contributed by atoms with E-state index in [1.807, 2.05) is 26.0 Å². The number of benzene rings is 1. The Morgan fingerprint density at radius 1 is 0.897 bits per heavy atom. The number of aliphatic carboxylic acids is 1. The summed E-state index contributed by atoms with van der Waals surface area (Å²) < 4.78 is 6.30. The number of ketones is 1. The van der Waals surface area contributed by atoms with Crippen LogP contribution in [0, 0.1) is 56.2 Å². The molecule has 0 radical (unpaired) electrons. The number of hydrogen-bond donors (Lipinski definition) is 2. The van der Waals surface area contributed by atoms with Crippen LogP contribution >= 0.6 is 11.6 Å². The Kier molecular flexibility index (Phi) is 12.7. The highest BCUT2D eigenvalue weighted by molar-refractivity contribution is 6.30. The number of Topliss-reactive ketones (excluding diaryl/α,β-unsaturated/α-hetero) is 1. The number of nitrogens with zero attached hydrogens (tertiary/aromatic N) is 2. The van der Waals surface area contributed by atoms with Gasteiger partial charge in [0.2, 0.25) is 0 Å². The van der Waals surface area contributed by atoms with Crippen molar-refractivity contribution in [3.8, 4) is 0 Å². The number of aliphatic hydroxyl groups is 1. The van der Waals surface area contributed by atoms with Crippen LogP contribution in [0.1, 0.15) is 139 Å². The first-order valence-electron chi connectivity index (χ1n) is 22.4. The van der Waals surface area contributed by atoms with E-state index in [0.717, 1.165) is 75.6 Å². The third kappa shape index (κ3) is 7.99. The minimum atomic E-state index is -0.899. The maximum atomic E-state index is 14.3. The number of ether oxygens (including phenoxy) is 1. The topological polar surface area (TPSA) is 107 Å². The molecule has 5 aliphatic carbocycles. The van der Waals surface area contributed by atoms with Crippen LogP contribution < -0.4 is 0 Å². The van der Waals surface area contributed by atoms with E-state index in [4.69, 9.17) is 16.3 Å². The summed E-state index contributed by atoms with van der Waals surface area (Å²) in [6.45, 7) is 23.2. The van der Waals surface area contributed by atoms with Gasteiger partial charge in [0, 0.05) is 48.5 Å². The number of fused-ring (bicyclic) bond motifs is 7. The number of halogens is 1. The Hall–Kier alpha value is -2.26. The van der Waals surface area contributed by atoms with Crippen molar-refractivity contribution in [3.63, 3.8) is 0 Å². The first-order chi connectivity index (χ1) is 26.9. The van der Waals surface area contributed by atoms with E-state index in [1.54, 1.807) is 0 Å². The van der Waals surface area contributed by atoms with Crippen molar-refractivity contribution < 1.29 is 29.3 Å². The lowest BCUT2D eigenvalue weighted by Gasteiger charge is -2.72. The molecule has 0 aromatic heterocycles. The lowest BCUT2D eigenvalue weighted by molar-refractivity contribution is -0.235. The van der Waals surface area contributed by atoms with Crippen molar-refractivity contribution in [2.24, 2.45) is 56.2 Å². The fraction of sp³-hybridized carbons (Fsp3) is 0.776. The third-order valence-corrected chi connectivity index (χ3v) is 17.5. The van der Waals surface area contributed by atoms with Gasteiger partial charge >= 0.3 is 11.9 Å². The Morgan fingerprint density at radius 3 is 2.19 bits per heavy atom. The molecule has 4 fully saturated rings. The normalized spacial score (nSPS) is 35.1. The summed E-state index contributed by atoms with van der Waals surface area (Å²) >= 11 is 6.25. The maximum Gasteiger partial charge on any atom is 0.306 e. The largest absolute Gasteiger partial charge is 0.481 e. The van der Waals surface area contributed by atoms with E-state index >= 15 is 0 Å². The predicted molar refractivity (Wildman–Crippen MR) is 231 cm³/mol. The number of carbonyl (C=O) groups is 3. The van der Waals surface area contributed by atoms with Crippen LogP contribution in [0.15, 0.2) is 35.4 Å². The average Bonchev–Trinajstić information content (AvgIpc) is 3.42. The van der Waals surface area contributed by atoms with E-state index < -0.39 is 22.9 Å². The SMILES string of the molecule is CC(C)C1=C2[C@H]3CC[C@@H]4[C@@]5(C)CC[C@H](OC(=O)CC(C)(C)CC(=O)O)C(C)(C)[C@@H]5CC[C@@]4(C)[C@]3(C)CC[C@@]2([C@H](O)CN(CCN(C)C)Cc2ccc(Cl)cc2)CC1=O. The zero-order valence-corrected chi connectivity index (χ0v) is 38.4. The standard InChI is InChI=1S/C49H75ClN2O6/c1-31(2)42-35(53)26-49(38(54)30-52(25-24-51(10)11)29-32-12-14-33(50)15-13-32)23-22-47(8)34(43(42)49)16-17-37-46(7)20-19-39(45(5,6)36(46)18-21-48(37,47)9)58-41(57)28-44(3,4)27-40(55)56/h12-15,31,34,36-39,54H,16-30H2,1-11H3,(H,55,56)/t34-,36+,37-,38-,39+,46+,47-,48-,49+/m1/s1. The molecular weight excluding hydrogens is 748 g/mol. The molecule has 0 aliphatic heterocycles. The Morgan fingerprint density at radius 2 is 1.57 bits per heavy atom. The van der Waals surface area contributed by atoms with Crippen molar-refractivity contribution in [1.82, 2.24) is 9.80 Å². The monoisotopic (exact) mass is 823 g/mol. The zero-order valence-electron chi connectivity index (χ0n) is 37.7. The van der Waals surface area contributed by atoms with Crippen LogP contribution in [0.2, 0.25) is 5.02 Å². The summed E-state index contributed by atoms with van der Waals surface area (Å²) in [6, 6.07) is 8.01. The molecule has 0 bridgehead atoms. The van der Waals surface area contributed by atoms with E-state index in [2.05, 4.69) is 84.5 Å². The summed E-state index contributed by atoms with van der Waals surface area (Å²) in [4.78, 5) is 43.7. The minimum Gasteiger partial charge on any atom is -0.481 e. The summed E-state index contributed by atoms with van der Waals surface area (Å²) in [5, 5.41) is 22.8. The van der Waals surface area contributed by atoms with Crippen LogP contribution in [-0.4, -0.2) is 83.7 Å². The zero-order chi connectivity index (χ0) is 42.8. The molecule has 324 valence electrons. The number of aliphatic hydroxyl groups excluding tert-OH is 1. The molecule has 1 aromatic carbocycles. The number of rotatable bonds is 14. The first kappa shape index (κ1) is 45.3. The Bertz CT molecular complexity index is 1750. The minimum absolute atomic E-state index is 0.0235. The van der Waals surface area contributed by atoms with Gasteiger partial charge in [0.1, 0.15) is 6.10 Å². The molecule has 8 nitrogen and oxygen atoms in total. The van der Waals surface area contributed by atoms with Gasteiger partial charge in [0.05, 0.1) is 18.9 Å². The molecule has 0 heterocycles. The molecule has 0 amide bonds. The third-order valence-electron chi connectivity index (χ3n) is 17.2. The second-order valence-electron chi connectivity index (χ2n) is 22.3. The number of carboxylic acids is 1. The van der Waals surface area contributed by atoms with Crippen LogP contribution in [-0.2, 0) is 25.7 Å². The molecule has 5 aliphatic rings. The molecule has 4 saturated carbocycles. The van der Waals surface area contributed by atoms with Gasteiger partial charge in [0.25, 0.3) is 0 Å². The smallest absolute Gasteiger partial charge is 0.306 e. The number of hydrogen-bond acceptors (Lipinski definition) is 7. The lowest BCUT2D eigenvalue weighted by Crippen LogP contribution is -2.66. The fourth-order valence-electron chi connectivity index (χ4n) is 14.2. The van der Waals surface area contributed by atoms with Crippen molar-refractivity contribution in [1.29, 1.82) is 0 Å². The molecule has 2 N–H and O–H groups in total. The maximum absolute atomic E-state index is 14.3. The Balaban J connectivity index is 1.27. The quantitative estimate of drug-likeness (QED) is 0.179. The fourth-order valence-corrected chi connectivity index (χ4v) is 14.3. The lowest BCUT2D eigenvalue weighted by atomic mass is 9.33. The van der Waals surface area contributed by atoms with Crippen LogP contribution in [0.4, 0.5) is 0 Å². The number of carbonyl (C=O) groups excluding carboxylic acids is 2. The van der Waals surface area contributed by atoms with Gasteiger partial charge in [-0.05, 0) is 134 Å². The van der Waals surface area contributed by atoms with E-state index in [1.165, 1.54) is 5.57 Å². The number of allylic oxidation sites excluding steroid dienone is 1. The highest BCUT2D eigenvalue weighted by Gasteiger charge is 2.71. The van der Waals surface area contributed by atoms with Gasteiger partial charge in [-0.3, -0.25) is 19.3 Å². The molecule has 58 heavy (non-hydrogen) atoms.